The van der Waals surface area contributed by atoms with E-state index < -0.39 is 67.4 Å². The largest absolute Gasteiger partial charge is 0.454 e. The lowest BCUT2D eigenvalue weighted by Gasteiger charge is -2.41. The van der Waals surface area contributed by atoms with Crippen molar-refractivity contribution >= 4 is 11.9 Å². The third kappa shape index (κ3) is 45.9. The van der Waals surface area contributed by atoms with E-state index in [1.165, 1.54) is 212 Å². The molecule has 0 aromatic rings. The maximum absolute atomic E-state index is 13.4. The summed E-state index contributed by atoms with van der Waals surface area (Å²) in [4.78, 5) is 26.6. The van der Waals surface area contributed by atoms with Gasteiger partial charge in [0.15, 0.2) is 12.4 Å². The molecular formula is C70H131NO10. The van der Waals surface area contributed by atoms with E-state index >= 15 is 0 Å². The molecule has 6 N–H and O–H groups in total. The topological polar surface area (TPSA) is 175 Å². The molecule has 1 saturated heterocycles. The monoisotopic (exact) mass is 1150 g/mol. The Morgan fingerprint density at radius 1 is 0.481 bits per heavy atom. The molecule has 1 aliphatic rings. The SMILES string of the molecule is CCCCC/C=C/C=C/CCCCCCCC(O)C(=O)NC(COC1OC(CO)C(O)C(O)C1OC(=O)CCCCCCCCCCCCCCCCCCCCCCCCCCCCC)C(O)/C=C/CCCCCCCCCCC. The van der Waals surface area contributed by atoms with Crippen LogP contribution in [0.15, 0.2) is 36.5 Å². The zero-order valence-electron chi connectivity index (χ0n) is 52.9. The predicted octanol–water partition coefficient (Wildman–Crippen LogP) is 17.4. The lowest BCUT2D eigenvalue weighted by Crippen LogP contribution is -2.61. The van der Waals surface area contributed by atoms with Crippen molar-refractivity contribution in [2.24, 2.45) is 0 Å². The third-order valence-corrected chi connectivity index (χ3v) is 16.6. The first-order valence-corrected chi connectivity index (χ1v) is 34.8. The molecule has 11 heteroatoms. The number of unbranched alkanes of at least 4 members (excludes halogenated alkanes) is 43. The van der Waals surface area contributed by atoms with Crippen LogP contribution in [-0.2, 0) is 23.8 Å². The standard InChI is InChI=1S/C70H131NO10/c1-4-7-10-13-16-19-22-24-26-27-28-29-30-31-32-33-34-35-36-37-38-40-43-46-49-52-55-58-65(75)81-68-67(77)66(76)64(59-72)80-70(68)79-60-61(62(73)56-53-50-47-44-41-21-18-15-12-9-6-3)71-69(78)63(74)57-54-51-48-45-42-39-25-23-20-17-14-11-8-5-2/h17,20,23,25,53,56,61-64,66-68,70,72-74,76-77H,4-16,18-19,21-22,24,26-52,54-55,57-60H2,1-3H3,(H,71,78)/b20-17+,25-23+,56-53+. The van der Waals surface area contributed by atoms with Crippen LogP contribution < -0.4 is 5.32 Å². The summed E-state index contributed by atoms with van der Waals surface area (Å²) < 4.78 is 17.7. The normalized spacial score (nSPS) is 18.8. The summed E-state index contributed by atoms with van der Waals surface area (Å²) in [5.74, 6) is -1.19. The van der Waals surface area contributed by atoms with Crippen LogP contribution in [-0.4, -0.2) is 99.6 Å². The molecular weight excluding hydrogens is 1010 g/mol. The van der Waals surface area contributed by atoms with E-state index in [0.29, 0.717) is 12.8 Å². The van der Waals surface area contributed by atoms with E-state index in [-0.39, 0.29) is 19.4 Å². The van der Waals surface area contributed by atoms with Gasteiger partial charge in [0, 0.05) is 6.42 Å². The van der Waals surface area contributed by atoms with Crippen molar-refractivity contribution in [1.82, 2.24) is 5.32 Å². The number of amides is 1. The molecule has 0 aliphatic carbocycles. The fourth-order valence-electron chi connectivity index (χ4n) is 11.1. The number of ether oxygens (including phenoxy) is 3. The van der Waals surface area contributed by atoms with Gasteiger partial charge in [0.05, 0.1) is 25.4 Å². The second-order valence-electron chi connectivity index (χ2n) is 24.3. The van der Waals surface area contributed by atoms with Gasteiger partial charge in [-0.3, -0.25) is 9.59 Å². The van der Waals surface area contributed by atoms with Crippen molar-refractivity contribution in [2.45, 2.75) is 384 Å². The molecule has 0 aromatic carbocycles. The molecule has 81 heavy (non-hydrogen) atoms. The zero-order valence-corrected chi connectivity index (χ0v) is 52.9. The molecule has 1 heterocycles. The number of nitrogens with one attached hydrogen (secondary N) is 1. The lowest BCUT2D eigenvalue weighted by atomic mass is 9.99. The van der Waals surface area contributed by atoms with Gasteiger partial charge in [-0.05, 0) is 51.4 Å². The molecule has 8 unspecified atom stereocenters. The first kappa shape index (κ1) is 76.9. The fourth-order valence-corrected chi connectivity index (χ4v) is 11.1. The van der Waals surface area contributed by atoms with Crippen molar-refractivity contribution < 1.29 is 49.3 Å². The van der Waals surface area contributed by atoms with Gasteiger partial charge in [0.1, 0.15) is 24.4 Å². The Morgan fingerprint density at radius 3 is 1.26 bits per heavy atom. The van der Waals surface area contributed by atoms with Crippen LogP contribution in [0, 0.1) is 0 Å². The summed E-state index contributed by atoms with van der Waals surface area (Å²) in [7, 11) is 0. The van der Waals surface area contributed by atoms with Gasteiger partial charge in [-0.1, -0.05) is 314 Å². The maximum Gasteiger partial charge on any atom is 0.306 e. The number of aliphatic hydroxyl groups is 5. The summed E-state index contributed by atoms with van der Waals surface area (Å²) in [6, 6.07) is -1.03. The molecule has 0 spiro atoms. The maximum atomic E-state index is 13.4. The average Bonchev–Trinajstić information content (AvgIpc) is 3.50. The number of rotatable bonds is 60. The number of carbonyl (C=O) groups is 2. The first-order valence-electron chi connectivity index (χ1n) is 34.8. The number of aliphatic hydroxyl groups excluding tert-OH is 5. The summed E-state index contributed by atoms with van der Waals surface area (Å²) in [5.41, 5.74) is 0. The highest BCUT2D eigenvalue weighted by molar-refractivity contribution is 5.80. The van der Waals surface area contributed by atoms with Gasteiger partial charge in [-0.25, -0.2) is 0 Å². The zero-order chi connectivity index (χ0) is 58.9. The minimum absolute atomic E-state index is 0.127. The molecule has 1 amide bonds. The Balaban J connectivity index is 2.51. The lowest BCUT2D eigenvalue weighted by molar-refractivity contribution is -0.305. The van der Waals surface area contributed by atoms with Gasteiger partial charge < -0.3 is 45.1 Å². The second-order valence-corrected chi connectivity index (χ2v) is 24.3. The number of hydrogen-bond acceptors (Lipinski definition) is 10. The van der Waals surface area contributed by atoms with Crippen LogP contribution in [0.2, 0.25) is 0 Å². The van der Waals surface area contributed by atoms with Gasteiger partial charge >= 0.3 is 5.97 Å². The second kappa shape index (κ2) is 58.3. The Hall–Kier alpha value is -2.12. The van der Waals surface area contributed by atoms with Crippen molar-refractivity contribution in [3.05, 3.63) is 36.5 Å². The van der Waals surface area contributed by atoms with Gasteiger partial charge in [0.2, 0.25) is 5.91 Å². The highest BCUT2D eigenvalue weighted by Crippen LogP contribution is 2.26. The van der Waals surface area contributed by atoms with Crippen LogP contribution in [0.25, 0.3) is 0 Å². The van der Waals surface area contributed by atoms with E-state index in [1.807, 2.05) is 6.08 Å². The van der Waals surface area contributed by atoms with E-state index in [2.05, 4.69) is 50.4 Å². The number of hydrogen-bond donors (Lipinski definition) is 6. The van der Waals surface area contributed by atoms with Crippen LogP contribution in [0.5, 0.6) is 0 Å². The summed E-state index contributed by atoms with van der Waals surface area (Å²) >= 11 is 0. The number of carbonyl (C=O) groups excluding carboxylic acids is 2. The molecule has 11 nitrogen and oxygen atoms in total. The smallest absolute Gasteiger partial charge is 0.306 e. The van der Waals surface area contributed by atoms with E-state index in [0.717, 1.165) is 77.0 Å². The Morgan fingerprint density at radius 2 is 0.840 bits per heavy atom. The quantitative estimate of drug-likeness (QED) is 0.0149. The van der Waals surface area contributed by atoms with Gasteiger partial charge in [-0.2, -0.15) is 0 Å². The van der Waals surface area contributed by atoms with Crippen molar-refractivity contribution in [3.8, 4) is 0 Å². The highest BCUT2D eigenvalue weighted by Gasteiger charge is 2.47. The Bertz CT molecular complexity index is 1460. The third-order valence-electron chi connectivity index (χ3n) is 16.6. The number of allylic oxidation sites excluding steroid dienone is 5. The molecule has 476 valence electrons. The number of esters is 1. The molecule has 1 rings (SSSR count). The van der Waals surface area contributed by atoms with Crippen LogP contribution >= 0.6 is 0 Å². The average molecular weight is 1150 g/mol. The molecule has 0 bridgehead atoms. The van der Waals surface area contributed by atoms with E-state index in [4.69, 9.17) is 14.2 Å². The van der Waals surface area contributed by atoms with Gasteiger partial charge in [0.25, 0.3) is 0 Å². The van der Waals surface area contributed by atoms with Gasteiger partial charge in [-0.15, -0.1) is 0 Å². The summed E-state index contributed by atoms with van der Waals surface area (Å²) in [6.07, 6.45) is 60.6. The molecule has 1 aliphatic heterocycles. The Kier molecular flexibility index (Phi) is 55.3. The molecule has 0 aromatic heterocycles. The van der Waals surface area contributed by atoms with Crippen molar-refractivity contribution in [2.75, 3.05) is 13.2 Å². The first-order chi connectivity index (χ1) is 39.7. The van der Waals surface area contributed by atoms with Crippen LogP contribution in [0.1, 0.15) is 335 Å². The minimum atomic E-state index is -1.61. The van der Waals surface area contributed by atoms with E-state index in [1.54, 1.807) is 6.08 Å². The van der Waals surface area contributed by atoms with Crippen LogP contribution in [0.4, 0.5) is 0 Å². The molecule has 0 radical (unpaired) electrons. The Labute approximate surface area is 498 Å². The van der Waals surface area contributed by atoms with Crippen molar-refractivity contribution in [3.63, 3.8) is 0 Å². The molecule has 8 atom stereocenters. The highest BCUT2D eigenvalue weighted by atomic mass is 16.7. The summed E-state index contributed by atoms with van der Waals surface area (Å²) in [5, 5.41) is 57.0. The minimum Gasteiger partial charge on any atom is -0.454 e. The van der Waals surface area contributed by atoms with Crippen molar-refractivity contribution in [1.29, 1.82) is 0 Å². The molecule has 0 saturated carbocycles. The predicted molar refractivity (Wildman–Crippen MR) is 338 cm³/mol. The summed E-state index contributed by atoms with van der Waals surface area (Å²) in [6.45, 7) is 5.78. The fraction of sp³-hybridized carbons (Fsp3) is 0.886. The van der Waals surface area contributed by atoms with Crippen LogP contribution in [0.3, 0.4) is 0 Å². The molecule has 1 fully saturated rings. The van der Waals surface area contributed by atoms with E-state index in [9.17, 15) is 35.1 Å².